The summed E-state index contributed by atoms with van der Waals surface area (Å²) in [7, 11) is -3.46. The molecular weight excluding hydrogens is 367 g/mol. The van der Waals surface area contributed by atoms with Crippen LogP contribution in [0.1, 0.15) is 18.3 Å². The number of rotatable bonds is 5. The summed E-state index contributed by atoms with van der Waals surface area (Å²) in [4.78, 5) is 12.9. The highest BCUT2D eigenvalue weighted by molar-refractivity contribution is 7.92. The highest BCUT2D eigenvalue weighted by Crippen LogP contribution is 2.35. The summed E-state index contributed by atoms with van der Waals surface area (Å²) in [5.41, 5.74) is 3.65. The molecule has 0 aliphatic carbocycles. The summed E-state index contributed by atoms with van der Waals surface area (Å²) in [5.74, 6) is -0.394. The third-order valence-corrected chi connectivity index (χ3v) is 4.65. The lowest BCUT2D eigenvalue weighted by Gasteiger charge is -2.15. The minimum Gasteiger partial charge on any atom is -0.282 e. The van der Waals surface area contributed by atoms with Gasteiger partial charge in [0.1, 0.15) is 12.1 Å². The SMILES string of the molecule is CCc1ncnc(-c2ccccc2F)c1-c1cnc(C)c(NS(C)(=O)=O)c1. The van der Waals surface area contributed by atoms with Crippen LogP contribution in [-0.4, -0.2) is 29.6 Å². The minimum absolute atomic E-state index is 0.350. The van der Waals surface area contributed by atoms with Gasteiger partial charge in [0.05, 0.1) is 29.0 Å². The lowest BCUT2D eigenvalue weighted by Crippen LogP contribution is -2.11. The van der Waals surface area contributed by atoms with Crippen LogP contribution < -0.4 is 4.72 Å². The number of aromatic nitrogens is 3. The molecule has 1 N–H and O–H groups in total. The predicted molar refractivity (Wildman–Crippen MR) is 103 cm³/mol. The topological polar surface area (TPSA) is 84.8 Å². The zero-order valence-corrected chi connectivity index (χ0v) is 16.0. The van der Waals surface area contributed by atoms with E-state index in [1.165, 1.54) is 12.4 Å². The minimum atomic E-state index is -3.46. The van der Waals surface area contributed by atoms with Gasteiger partial charge in [-0.2, -0.15) is 0 Å². The Morgan fingerprint density at radius 2 is 1.89 bits per heavy atom. The molecule has 0 amide bonds. The van der Waals surface area contributed by atoms with Crippen molar-refractivity contribution in [1.29, 1.82) is 0 Å². The predicted octanol–water partition coefficient (Wildman–Crippen LogP) is 3.59. The summed E-state index contributed by atoms with van der Waals surface area (Å²) in [6.07, 6.45) is 4.70. The Bertz CT molecular complexity index is 1100. The third-order valence-electron chi connectivity index (χ3n) is 4.06. The quantitative estimate of drug-likeness (QED) is 0.724. The van der Waals surface area contributed by atoms with Crippen LogP contribution in [0.25, 0.3) is 22.4 Å². The van der Waals surface area contributed by atoms with Crippen molar-refractivity contribution in [3.05, 3.63) is 60.1 Å². The second-order valence-corrected chi connectivity index (χ2v) is 7.86. The Morgan fingerprint density at radius 3 is 2.56 bits per heavy atom. The Hall–Kier alpha value is -2.87. The Morgan fingerprint density at radius 1 is 1.15 bits per heavy atom. The maximum Gasteiger partial charge on any atom is 0.229 e. The molecule has 140 valence electrons. The van der Waals surface area contributed by atoms with Gasteiger partial charge < -0.3 is 0 Å². The number of nitrogens with zero attached hydrogens (tertiary/aromatic N) is 3. The smallest absolute Gasteiger partial charge is 0.229 e. The number of pyridine rings is 1. The number of nitrogens with one attached hydrogen (secondary N) is 1. The lowest BCUT2D eigenvalue weighted by molar-refractivity contribution is 0.606. The first-order valence-electron chi connectivity index (χ1n) is 8.33. The molecule has 3 aromatic rings. The molecule has 8 heteroatoms. The van der Waals surface area contributed by atoms with E-state index in [0.717, 1.165) is 11.9 Å². The molecular formula is C19H19FN4O2S. The molecule has 2 heterocycles. The molecule has 6 nitrogen and oxygen atoms in total. The molecule has 2 aromatic heterocycles. The average molecular weight is 386 g/mol. The fraction of sp³-hybridized carbons (Fsp3) is 0.211. The molecule has 0 saturated carbocycles. The van der Waals surface area contributed by atoms with Crippen LogP contribution in [0, 0.1) is 12.7 Å². The van der Waals surface area contributed by atoms with Crippen molar-refractivity contribution in [2.45, 2.75) is 20.3 Å². The maximum absolute atomic E-state index is 14.4. The summed E-state index contributed by atoms with van der Waals surface area (Å²) in [6, 6.07) is 8.04. The van der Waals surface area contributed by atoms with Crippen molar-refractivity contribution in [3.63, 3.8) is 0 Å². The second-order valence-electron chi connectivity index (χ2n) is 6.11. The van der Waals surface area contributed by atoms with Gasteiger partial charge in [-0.3, -0.25) is 9.71 Å². The molecule has 0 aliphatic heterocycles. The van der Waals surface area contributed by atoms with Crippen molar-refractivity contribution < 1.29 is 12.8 Å². The summed E-state index contributed by atoms with van der Waals surface area (Å²) in [5, 5.41) is 0. The Labute approximate surface area is 157 Å². The lowest BCUT2D eigenvalue weighted by atomic mass is 9.97. The zero-order valence-electron chi connectivity index (χ0n) is 15.2. The number of anilines is 1. The highest BCUT2D eigenvalue weighted by Gasteiger charge is 2.18. The molecule has 0 spiro atoms. The standard InChI is InChI=1S/C19H19FN4O2S/c1-4-16-18(13-9-17(12(2)21-10-13)24-27(3,25)26)19(23-11-22-16)14-7-5-6-8-15(14)20/h5-11,24H,4H2,1-3H3. The fourth-order valence-corrected chi connectivity index (χ4v) is 3.43. The van der Waals surface area contributed by atoms with Crippen molar-refractivity contribution in [1.82, 2.24) is 15.0 Å². The molecule has 0 bridgehead atoms. The van der Waals surface area contributed by atoms with E-state index >= 15 is 0 Å². The van der Waals surface area contributed by atoms with E-state index in [0.29, 0.717) is 40.2 Å². The molecule has 0 saturated heterocycles. The number of halogens is 1. The summed E-state index contributed by atoms with van der Waals surface area (Å²) in [6.45, 7) is 3.64. The first-order valence-corrected chi connectivity index (χ1v) is 10.2. The van der Waals surface area contributed by atoms with Crippen LogP contribution >= 0.6 is 0 Å². The fourth-order valence-electron chi connectivity index (χ4n) is 2.82. The highest BCUT2D eigenvalue weighted by atomic mass is 32.2. The number of sulfonamides is 1. The largest absolute Gasteiger partial charge is 0.282 e. The first kappa shape index (κ1) is 18.9. The molecule has 0 aliphatic rings. The number of aryl methyl sites for hydroxylation is 2. The molecule has 0 unspecified atom stereocenters. The molecule has 3 rings (SSSR count). The van der Waals surface area contributed by atoms with E-state index in [9.17, 15) is 12.8 Å². The Balaban J connectivity index is 2.26. The van der Waals surface area contributed by atoms with E-state index < -0.39 is 15.8 Å². The van der Waals surface area contributed by atoms with E-state index in [-0.39, 0.29) is 0 Å². The van der Waals surface area contributed by atoms with Crippen LogP contribution in [0.2, 0.25) is 0 Å². The van der Waals surface area contributed by atoms with Gasteiger partial charge >= 0.3 is 0 Å². The molecule has 1 aromatic carbocycles. The average Bonchev–Trinajstić information content (AvgIpc) is 2.62. The molecule has 0 fully saturated rings. The monoisotopic (exact) mass is 386 g/mol. The number of hydrogen-bond acceptors (Lipinski definition) is 5. The number of hydrogen-bond donors (Lipinski definition) is 1. The van der Waals surface area contributed by atoms with Gasteiger partial charge in [-0.15, -0.1) is 0 Å². The third kappa shape index (κ3) is 4.11. The molecule has 0 radical (unpaired) electrons. The van der Waals surface area contributed by atoms with E-state index in [4.69, 9.17) is 0 Å². The first-order chi connectivity index (χ1) is 12.8. The van der Waals surface area contributed by atoms with Crippen LogP contribution in [0.5, 0.6) is 0 Å². The Kier molecular flexibility index (Phi) is 5.18. The van der Waals surface area contributed by atoms with Crippen molar-refractivity contribution in [2.75, 3.05) is 11.0 Å². The van der Waals surface area contributed by atoms with Gasteiger partial charge in [-0.25, -0.2) is 22.8 Å². The van der Waals surface area contributed by atoms with Gasteiger partial charge in [0, 0.05) is 22.9 Å². The van der Waals surface area contributed by atoms with E-state index in [1.807, 2.05) is 6.92 Å². The number of benzene rings is 1. The van der Waals surface area contributed by atoms with Crippen LogP contribution in [-0.2, 0) is 16.4 Å². The van der Waals surface area contributed by atoms with E-state index in [1.54, 1.807) is 37.4 Å². The van der Waals surface area contributed by atoms with Gasteiger partial charge in [-0.1, -0.05) is 19.1 Å². The van der Waals surface area contributed by atoms with Gasteiger partial charge in [-0.05, 0) is 31.5 Å². The van der Waals surface area contributed by atoms with Gasteiger partial charge in [0.25, 0.3) is 0 Å². The summed E-state index contributed by atoms with van der Waals surface area (Å²) >= 11 is 0. The maximum atomic E-state index is 14.4. The van der Waals surface area contributed by atoms with Crippen molar-refractivity contribution in [3.8, 4) is 22.4 Å². The van der Waals surface area contributed by atoms with Crippen LogP contribution in [0.4, 0.5) is 10.1 Å². The van der Waals surface area contributed by atoms with Crippen molar-refractivity contribution in [2.24, 2.45) is 0 Å². The summed E-state index contributed by atoms with van der Waals surface area (Å²) < 4.78 is 40.2. The van der Waals surface area contributed by atoms with Crippen LogP contribution in [0.3, 0.4) is 0 Å². The van der Waals surface area contributed by atoms with E-state index in [2.05, 4.69) is 19.7 Å². The molecule has 27 heavy (non-hydrogen) atoms. The van der Waals surface area contributed by atoms with Crippen molar-refractivity contribution >= 4 is 15.7 Å². The van der Waals surface area contributed by atoms with Gasteiger partial charge in [0.15, 0.2) is 0 Å². The van der Waals surface area contributed by atoms with Gasteiger partial charge in [0.2, 0.25) is 10.0 Å². The normalized spacial score (nSPS) is 11.4. The molecule has 0 atom stereocenters. The second kappa shape index (κ2) is 7.40. The zero-order chi connectivity index (χ0) is 19.6. The van der Waals surface area contributed by atoms with Crippen LogP contribution in [0.15, 0.2) is 42.9 Å².